The maximum atomic E-state index is 12.9. The minimum Gasteiger partial charge on any atom is -0.614 e. The molecule has 2 rings (SSSR count). The molecule has 0 amide bonds. The molecule has 1 aromatic carbocycles. The van der Waals surface area contributed by atoms with Crippen molar-refractivity contribution in [1.29, 1.82) is 0 Å². The number of rotatable bonds is 7. The van der Waals surface area contributed by atoms with Crippen LogP contribution in [0.1, 0.15) is 33.3 Å². The van der Waals surface area contributed by atoms with Crippen LogP contribution in [-0.2, 0) is 27.3 Å². The lowest BCUT2D eigenvalue weighted by Crippen LogP contribution is -2.53. The van der Waals surface area contributed by atoms with Crippen molar-refractivity contribution >= 4 is 28.7 Å². The lowest BCUT2D eigenvalue weighted by atomic mass is 10.1. The molecule has 1 heterocycles. The summed E-state index contributed by atoms with van der Waals surface area (Å²) < 4.78 is 23.5. The maximum absolute atomic E-state index is 12.9. The van der Waals surface area contributed by atoms with Gasteiger partial charge in [0.2, 0.25) is 0 Å². The lowest BCUT2D eigenvalue weighted by molar-refractivity contribution is -0.142. The maximum Gasteiger partial charge on any atom is 0.355 e. The molecule has 1 aliphatic rings. The highest BCUT2D eigenvalue weighted by molar-refractivity contribution is 7.92. The molecule has 0 aliphatic carbocycles. The molecule has 0 N–H and O–H groups in total. The topological polar surface area (TPSA) is 61.8 Å². The van der Waals surface area contributed by atoms with Gasteiger partial charge in [0.1, 0.15) is 23.8 Å². The molecule has 2 atom stereocenters. The number of methoxy groups -OCH3 is 1. The van der Waals surface area contributed by atoms with Crippen LogP contribution >= 0.6 is 11.6 Å². The molecule has 0 saturated carbocycles. The molecular weight excluding hydrogens is 386 g/mol. The molecule has 0 spiro atoms. The van der Waals surface area contributed by atoms with Crippen molar-refractivity contribution in [3.63, 3.8) is 0 Å². The Morgan fingerprint density at radius 3 is 2.41 bits per heavy atom. The third-order valence-electron chi connectivity index (χ3n) is 4.46. The van der Waals surface area contributed by atoms with Crippen LogP contribution in [-0.4, -0.2) is 45.6 Å². The highest BCUT2D eigenvalue weighted by Crippen LogP contribution is 2.33. The first kappa shape index (κ1) is 21.9. The van der Waals surface area contributed by atoms with Crippen LogP contribution in [0.4, 0.5) is 0 Å². The van der Waals surface area contributed by atoms with Gasteiger partial charge in [0.25, 0.3) is 0 Å². The number of halogens is 1. The van der Waals surface area contributed by atoms with Crippen LogP contribution < -0.4 is 4.74 Å². The minimum absolute atomic E-state index is 0.00315. The number of alkyl halides is 1. The average molecular weight is 414 g/mol. The number of nitrogens with zero attached hydrogens (tertiary/aromatic N) is 1. The number of hydrogen-bond acceptors (Lipinski definition) is 5. The Kier molecular flexibility index (Phi) is 7.89. The first-order valence-corrected chi connectivity index (χ1v) is 10.9. The predicted molar refractivity (Wildman–Crippen MR) is 109 cm³/mol. The Hall–Kier alpha value is -1.37. The number of esters is 1. The largest absolute Gasteiger partial charge is 0.614 e. The monoisotopic (exact) mass is 413 g/mol. The van der Waals surface area contributed by atoms with E-state index >= 15 is 0 Å². The molecule has 27 heavy (non-hydrogen) atoms. The van der Waals surface area contributed by atoms with Gasteiger partial charge in [-0.3, -0.25) is 0 Å². The van der Waals surface area contributed by atoms with E-state index < -0.39 is 17.1 Å². The Balaban J connectivity index is 2.25. The Morgan fingerprint density at radius 1 is 1.30 bits per heavy atom. The van der Waals surface area contributed by atoms with Crippen molar-refractivity contribution in [2.45, 2.75) is 45.7 Å². The summed E-state index contributed by atoms with van der Waals surface area (Å²) in [6.45, 7) is 8.16. The molecule has 5 nitrogen and oxygen atoms in total. The molecule has 0 aromatic heterocycles. The van der Waals surface area contributed by atoms with Gasteiger partial charge in [-0.1, -0.05) is 26.0 Å². The number of benzene rings is 1. The van der Waals surface area contributed by atoms with Gasteiger partial charge in [-0.15, -0.1) is 11.6 Å². The molecule has 0 radical (unpaired) electrons. The summed E-state index contributed by atoms with van der Waals surface area (Å²) in [4.78, 5) is 14.9. The molecule has 0 bridgehead atoms. The summed E-state index contributed by atoms with van der Waals surface area (Å²) in [5, 5.41) is -0.236. The second kappa shape index (κ2) is 9.71. The standard InChI is InChI=1S/C20H28ClNO4S/c1-13(2)19-22(14(3)4)18(16(10-21)12-27(19)24)20(23)26-11-15-6-8-17(25-5)9-7-15/h6-9,13-14,19H,10-12H2,1-5H3/t19?,27-/m0/s1. The van der Waals surface area contributed by atoms with Crippen molar-refractivity contribution < 1.29 is 18.8 Å². The van der Waals surface area contributed by atoms with Crippen molar-refractivity contribution in [1.82, 2.24) is 4.90 Å². The average Bonchev–Trinajstić information content (AvgIpc) is 2.64. The molecule has 1 aromatic rings. The van der Waals surface area contributed by atoms with Gasteiger partial charge >= 0.3 is 5.97 Å². The van der Waals surface area contributed by atoms with Crippen molar-refractivity contribution in [2.24, 2.45) is 5.92 Å². The second-order valence-electron chi connectivity index (χ2n) is 7.17. The fourth-order valence-electron chi connectivity index (χ4n) is 3.23. The highest BCUT2D eigenvalue weighted by atomic mass is 35.5. The zero-order valence-electron chi connectivity index (χ0n) is 16.5. The fraction of sp³-hybridized carbons (Fsp3) is 0.550. The molecule has 0 fully saturated rings. The third-order valence-corrected chi connectivity index (χ3v) is 6.73. The van der Waals surface area contributed by atoms with E-state index in [4.69, 9.17) is 21.1 Å². The van der Waals surface area contributed by atoms with E-state index in [1.807, 2.05) is 56.9 Å². The number of hydrogen-bond donors (Lipinski definition) is 0. The van der Waals surface area contributed by atoms with Gasteiger partial charge in [0.05, 0.1) is 13.0 Å². The van der Waals surface area contributed by atoms with Gasteiger partial charge in [0.15, 0.2) is 5.37 Å². The third kappa shape index (κ3) is 5.12. The summed E-state index contributed by atoms with van der Waals surface area (Å²) in [6, 6.07) is 7.37. The quantitative estimate of drug-likeness (QED) is 0.387. The lowest BCUT2D eigenvalue weighted by Gasteiger charge is -2.43. The first-order valence-electron chi connectivity index (χ1n) is 9.03. The molecule has 0 saturated heterocycles. The summed E-state index contributed by atoms with van der Waals surface area (Å²) in [5.74, 6) is 0.930. The van der Waals surface area contributed by atoms with E-state index in [-0.39, 0.29) is 29.8 Å². The minimum atomic E-state index is -1.11. The van der Waals surface area contributed by atoms with Crippen LogP contribution in [0.25, 0.3) is 0 Å². The second-order valence-corrected chi connectivity index (χ2v) is 8.97. The summed E-state index contributed by atoms with van der Waals surface area (Å²) >= 11 is 4.98. The first-order chi connectivity index (χ1) is 12.8. The van der Waals surface area contributed by atoms with Gasteiger partial charge in [-0.05, 0) is 42.7 Å². The van der Waals surface area contributed by atoms with Crippen LogP contribution in [0.5, 0.6) is 5.75 Å². The zero-order valence-corrected chi connectivity index (χ0v) is 18.1. The molecule has 1 aliphatic heterocycles. The van der Waals surface area contributed by atoms with E-state index in [0.717, 1.165) is 11.3 Å². The van der Waals surface area contributed by atoms with Crippen LogP contribution in [0, 0.1) is 5.92 Å². The van der Waals surface area contributed by atoms with E-state index in [1.165, 1.54) is 0 Å². The Morgan fingerprint density at radius 2 is 1.93 bits per heavy atom. The predicted octanol–water partition coefficient (Wildman–Crippen LogP) is 3.69. The van der Waals surface area contributed by atoms with Crippen molar-refractivity contribution in [3.8, 4) is 5.75 Å². The molecule has 150 valence electrons. The van der Waals surface area contributed by atoms with Crippen molar-refractivity contribution in [3.05, 3.63) is 41.1 Å². The normalized spacial score (nSPS) is 20.4. The number of carbonyl (C=O) groups excluding carboxylic acids is 1. The molecule has 1 unspecified atom stereocenters. The van der Waals surface area contributed by atoms with E-state index in [1.54, 1.807) is 7.11 Å². The smallest absolute Gasteiger partial charge is 0.355 e. The molecule has 7 heteroatoms. The van der Waals surface area contributed by atoms with Gasteiger partial charge in [0, 0.05) is 17.5 Å². The van der Waals surface area contributed by atoms with E-state index in [0.29, 0.717) is 17.0 Å². The summed E-state index contributed by atoms with van der Waals surface area (Å²) in [5.41, 5.74) is 2.01. The Bertz CT molecular complexity index is 675. The van der Waals surface area contributed by atoms with Crippen LogP contribution in [0.15, 0.2) is 35.5 Å². The van der Waals surface area contributed by atoms with E-state index in [9.17, 15) is 9.35 Å². The summed E-state index contributed by atoms with van der Waals surface area (Å²) in [7, 11) is 1.61. The Labute approximate surface area is 169 Å². The molecular formula is C20H28ClNO4S. The fourth-order valence-corrected chi connectivity index (χ4v) is 5.52. The van der Waals surface area contributed by atoms with Crippen molar-refractivity contribution in [2.75, 3.05) is 18.7 Å². The number of carbonyl (C=O) groups is 1. The van der Waals surface area contributed by atoms with Gasteiger partial charge in [-0.25, -0.2) is 4.79 Å². The SMILES string of the molecule is COc1ccc(COC(=O)C2=C(CCl)C[S@+]([O-])C(C(C)C)N2C(C)C)cc1. The van der Waals surface area contributed by atoms with E-state index in [2.05, 4.69) is 0 Å². The number of ether oxygens (including phenoxy) is 2. The van der Waals surface area contributed by atoms with Gasteiger partial charge < -0.3 is 18.9 Å². The summed E-state index contributed by atoms with van der Waals surface area (Å²) in [6.07, 6.45) is 0. The van der Waals surface area contributed by atoms with Gasteiger partial charge in [-0.2, -0.15) is 0 Å². The van der Waals surface area contributed by atoms with Crippen LogP contribution in [0.2, 0.25) is 0 Å². The highest BCUT2D eigenvalue weighted by Gasteiger charge is 2.44. The van der Waals surface area contributed by atoms with Crippen LogP contribution in [0.3, 0.4) is 0 Å². The zero-order chi connectivity index (χ0) is 20.1.